The fraction of sp³-hybridized carbons (Fsp3) is 0.640. The van der Waals surface area contributed by atoms with Crippen molar-refractivity contribution in [3.8, 4) is 6.07 Å². The van der Waals surface area contributed by atoms with Crippen LogP contribution < -0.4 is 10.2 Å². The highest BCUT2D eigenvalue weighted by atomic mass is 16.2. The molecule has 2 amide bonds. The summed E-state index contributed by atoms with van der Waals surface area (Å²) in [6.45, 7) is 3.15. The molecule has 4 bridgehead atoms. The van der Waals surface area contributed by atoms with Gasteiger partial charge in [0.1, 0.15) is 0 Å². The second-order valence-electron chi connectivity index (χ2n) is 10.3. The Balaban J connectivity index is 1.14. The molecule has 5 fully saturated rings. The number of carbonyl (C=O) groups is 2. The molecule has 6 nitrogen and oxygen atoms in total. The second kappa shape index (κ2) is 8.18. The molecule has 0 atom stereocenters. The number of benzene rings is 1. The number of carbonyl (C=O) groups excluding carboxylic acids is 2. The van der Waals surface area contributed by atoms with E-state index in [0.29, 0.717) is 12.1 Å². The van der Waals surface area contributed by atoms with Gasteiger partial charge in [0.15, 0.2) is 0 Å². The number of hydrogen-bond acceptors (Lipinski definition) is 4. The molecule has 1 N–H and O–H groups in total. The Morgan fingerprint density at radius 2 is 1.61 bits per heavy atom. The quantitative estimate of drug-likeness (QED) is 0.813. The number of nitrogens with zero attached hydrogens (tertiary/aromatic N) is 3. The van der Waals surface area contributed by atoms with E-state index in [1.165, 1.54) is 19.3 Å². The molecule has 0 radical (unpaired) electrons. The molecule has 164 valence electrons. The topological polar surface area (TPSA) is 76.4 Å². The van der Waals surface area contributed by atoms with Crippen LogP contribution in [0.2, 0.25) is 0 Å². The lowest BCUT2D eigenvalue weighted by Crippen LogP contribution is -2.54. The number of rotatable bonds is 4. The molecule has 1 aromatic carbocycles. The van der Waals surface area contributed by atoms with Gasteiger partial charge in [-0.1, -0.05) is 0 Å². The molecule has 5 aliphatic rings. The van der Waals surface area contributed by atoms with E-state index in [1.54, 1.807) is 0 Å². The van der Waals surface area contributed by atoms with Crippen molar-refractivity contribution in [1.82, 2.24) is 10.2 Å². The average Bonchev–Trinajstić information content (AvgIpc) is 3.03. The first-order valence-corrected chi connectivity index (χ1v) is 11.9. The lowest BCUT2D eigenvalue weighted by molar-refractivity contribution is -0.148. The smallest absolute Gasteiger partial charge is 0.242 e. The Morgan fingerprint density at radius 1 is 0.968 bits per heavy atom. The minimum atomic E-state index is -0.194. The summed E-state index contributed by atoms with van der Waals surface area (Å²) in [4.78, 5) is 30.2. The third-order valence-electron chi connectivity index (χ3n) is 8.13. The van der Waals surface area contributed by atoms with Crippen LogP contribution in [0.1, 0.15) is 50.5 Å². The number of nitriles is 1. The van der Waals surface area contributed by atoms with Crippen LogP contribution >= 0.6 is 0 Å². The zero-order valence-corrected chi connectivity index (χ0v) is 18.2. The predicted octanol–water partition coefficient (Wildman–Crippen LogP) is 2.93. The van der Waals surface area contributed by atoms with E-state index in [4.69, 9.17) is 5.26 Å². The maximum atomic E-state index is 13.1. The van der Waals surface area contributed by atoms with Gasteiger partial charge in [-0.05, 0) is 87.0 Å². The van der Waals surface area contributed by atoms with Gasteiger partial charge in [0.05, 0.1) is 18.2 Å². The first kappa shape index (κ1) is 20.4. The molecule has 4 saturated carbocycles. The molecule has 1 saturated heterocycles. The summed E-state index contributed by atoms with van der Waals surface area (Å²) in [5, 5.41) is 12.0. The summed E-state index contributed by atoms with van der Waals surface area (Å²) in [6, 6.07) is 9.77. The number of nitrogens with one attached hydrogen (secondary N) is 1. The molecule has 6 heteroatoms. The maximum Gasteiger partial charge on any atom is 0.242 e. The van der Waals surface area contributed by atoms with Gasteiger partial charge >= 0.3 is 0 Å². The van der Waals surface area contributed by atoms with E-state index in [-0.39, 0.29) is 23.8 Å². The van der Waals surface area contributed by atoms with Crippen molar-refractivity contribution in [3.05, 3.63) is 29.8 Å². The standard InChI is InChI=1S/C25H32N4O2/c26-16-18-2-4-22(5-3-18)28-6-1-7-29(9-8-28)23(30)17-27-24(31)25-13-19-10-20(14-25)12-21(11-19)15-25/h2-5,19-21H,1,6-15,17H2,(H,27,31). The van der Waals surface area contributed by atoms with Gasteiger partial charge in [0.2, 0.25) is 11.8 Å². The monoisotopic (exact) mass is 420 g/mol. The van der Waals surface area contributed by atoms with Crippen molar-refractivity contribution in [1.29, 1.82) is 5.26 Å². The Bertz CT molecular complexity index is 852. The van der Waals surface area contributed by atoms with Crippen LogP contribution in [0.4, 0.5) is 5.69 Å². The van der Waals surface area contributed by atoms with Crippen molar-refractivity contribution in [2.75, 3.05) is 37.6 Å². The number of anilines is 1. The highest BCUT2D eigenvalue weighted by molar-refractivity contribution is 5.88. The van der Waals surface area contributed by atoms with E-state index in [0.717, 1.165) is 68.8 Å². The molecule has 1 aliphatic heterocycles. The van der Waals surface area contributed by atoms with Crippen molar-refractivity contribution in [2.24, 2.45) is 23.2 Å². The summed E-state index contributed by atoms with van der Waals surface area (Å²) in [5.41, 5.74) is 1.55. The van der Waals surface area contributed by atoms with Crippen LogP contribution in [-0.2, 0) is 9.59 Å². The normalized spacial score (nSPS) is 31.8. The SMILES string of the molecule is N#Cc1ccc(N2CCCN(C(=O)CNC(=O)C34CC5CC(CC(C5)C3)C4)CC2)cc1. The lowest BCUT2D eigenvalue weighted by Gasteiger charge is -2.55. The zero-order chi connectivity index (χ0) is 21.4. The van der Waals surface area contributed by atoms with Crippen LogP contribution in [-0.4, -0.2) is 49.4 Å². The van der Waals surface area contributed by atoms with Gasteiger partial charge in [-0.3, -0.25) is 9.59 Å². The fourth-order valence-corrected chi connectivity index (χ4v) is 7.02. The van der Waals surface area contributed by atoms with Crippen LogP contribution in [0.25, 0.3) is 0 Å². The van der Waals surface area contributed by atoms with Crippen molar-refractivity contribution >= 4 is 17.5 Å². The first-order chi connectivity index (χ1) is 15.0. The minimum Gasteiger partial charge on any atom is -0.370 e. The summed E-state index contributed by atoms with van der Waals surface area (Å²) in [6.07, 6.45) is 7.93. The lowest BCUT2D eigenvalue weighted by atomic mass is 9.49. The highest BCUT2D eigenvalue weighted by Gasteiger charge is 2.54. The van der Waals surface area contributed by atoms with Crippen LogP contribution in [0.3, 0.4) is 0 Å². The molecular formula is C25H32N4O2. The number of hydrogen-bond donors (Lipinski definition) is 1. The van der Waals surface area contributed by atoms with Crippen molar-refractivity contribution in [2.45, 2.75) is 44.9 Å². The van der Waals surface area contributed by atoms with Gasteiger partial charge in [-0.25, -0.2) is 0 Å². The molecule has 0 spiro atoms. The third-order valence-corrected chi connectivity index (χ3v) is 8.13. The largest absolute Gasteiger partial charge is 0.370 e. The first-order valence-electron chi connectivity index (χ1n) is 11.9. The number of amides is 2. The molecular weight excluding hydrogens is 388 g/mol. The third kappa shape index (κ3) is 4.03. The molecule has 31 heavy (non-hydrogen) atoms. The summed E-state index contributed by atoms with van der Waals surface area (Å²) in [5.74, 6) is 2.35. The Kier molecular flexibility index (Phi) is 5.37. The van der Waals surface area contributed by atoms with E-state index in [9.17, 15) is 9.59 Å². The minimum absolute atomic E-state index is 0.0276. The van der Waals surface area contributed by atoms with Crippen LogP contribution in [0.15, 0.2) is 24.3 Å². The van der Waals surface area contributed by atoms with Crippen LogP contribution in [0.5, 0.6) is 0 Å². The average molecular weight is 421 g/mol. The fourth-order valence-electron chi connectivity index (χ4n) is 7.02. The van der Waals surface area contributed by atoms with Gasteiger partial charge in [0, 0.05) is 37.3 Å². The van der Waals surface area contributed by atoms with Crippen molar-refractivity contribution < 1.29 is 9.59 Å². The van der Waals surface area contributed by atoms with Gasteiger partial charge < -0.3 is 15.1 Å². The van der Waals surface area contributed by atoms with Gasteiger partial charge in [0.25, 0.3) is 0 Å². The van der Waals surface area contributed by atoms with E-state index < -0.39 is 0 Å². The van der Waals surface area contributed by atoms with Crippen molar-refractivity contribution in [3.63, 3.8) is 0 Å². The molecule has 0 unspecified atom stereocenters. The highest BCUT2D eigenvalue weighted by Crippen LogP contribution is 2.60. The van der Waals surface area contributed by atoms with Crippen LogP contribution in [0, 0.1) is 34.5 Å². The predicted molar refractivity (Wildman–Crippen MR) is 118 cm³/mol. The summed E-state index contributed by atoms with van der Waals surface area (Å²) < 4.78 is 0. The summed E-state index contributed by atoms with van der Waals surface area (Å²) >= 11 is 0. The van der Waals surface area contributed by atoms with Gasteiger partial charge in [-0.15, -0.1) is 0 Å². The van der Waals surface area contributed by atoms with E-state index >= 15 is 0 Å². The molecule has 1 aromatic rings. The van der Waals surface area contributed by atoms with Gasteiger partial charge in [-0.2, -0.15) is 5.26 Å². The molecule has 6 rings (SSSR count). The Hall–Kier alpha value is -2.55. The molecule has 0 aromatic heterocycles. The Morgan fingerprint density at radius 3 is 2.23 bits per heavy atom. The zero-order valence-electron chi connectivity index (χ0n) is 18.2. The Labute approximate surface area is 184 Å². The van der Waals surface area contributed by atoms with E-state index in [2.05, 4.69) is 16.3 Å². The summed E-state index contributed by atoms with van der Waals surface area (Å²) in [7, 11) is 0. The molecule has 1 heterocycles. The van der Waals surface area contributed by atoms with E-state index in [1.807, 2.05) is 29.2 Å². The maximum absolute atomic E-state index is 13.1. The molecule has 4 aliphatic carbocycles. The second-order valence-corrected chi connectivity index (χ2v) is 10.3.